The first kappa shape index (κ1) is 20.3. The maximum atomic E-state index is 5.77. The number of rotatable bonds is 10. The molecule has 0 fully saturated rings. The third-order valence-electron chi connectivity index (χ3n) is 4.46. The van der Waals surface area contributed by atoms with Crippen LogP contribution in [0.15, 0.2) is 91.0 Å². The van der Waals surface area contributed by atoms with E-state index in [2.05, 4.69) is 27.1 Å². The van der Waals surface area contributed by atoms with Crippen LogP contribution in [0.5, 0.6) is 18.0 Å². The number of ether oxygens (including phenoxy) is 3. The quantitative estimate of drug-likeness (QED) is 0.377. The maximum Gasteiger partial charge on any atom is 0.326 e. The Labute approximate surface area is 181 Å². The van der Waals surface area contributed by atoms with E-state index in [0.717, 1.165) is 17.5 Å². The van der Waals surface area contributed by atoms with E-state index in [1.165, 1.54) is 5.56 Å². The molecule has 0 bridgehead atoms. The summed E-state index contributed by atoms with van der Waals surface area (Å²) >= 11 is 0. The molecule has 4 aromatic rings. The van der Waals surface area contributed by atoms with Crippen molar-refractivity contribution in [2.45, 2.75) is 19.6 Å². The Morgan fingerprint density at radius 2 is 0.839 bits per heavy atom. The number of hydrogen-bond acceptors (Lipinski definition) is 6. The lowest BCUT2D eigenvalue weighted by molar-refractivity contribution is 0.227. The summed E-state index contributed by atoms with van der Waals surface area (Å²) < 4.78 is 17.3. The first-order valence-corrected chi connectivity index (χ1v) is 10.1. The first-order valence-electron chi connectivity index (χ1n) is 10.1. The van der Waals surface area contributed by atoms with E-state index < -0.39 is 0 Å². The van der Waals surface area contributed by atoms with Crippen molar-refractivity contribution in [3.63, 3.8) is 0 Å². The normalized spacial score (nSPS) is 10.5. The largest absolute Gasteiger partial charge is 0.463 e. The van der Waals surface area contributed by atoms with E-state index in [4.69, 9.17) is 14.2 Å². The lowest BCUT2D eigenvalue weighted by Gasteiger charge is -2.10. The van der Waals surface area contributed by atoms with Crippen molar-refractivity contribution in [1.82, 2.24) is 15.0 Å². The molecule has 0 aliphatic rings. The van der Waals surface area contributed by atoms with Crippen LogP contribution in [0, 0.1) is 0 Å². The monoisotopic (exact) mass is 413 g/mol. The Balaban J connectivity index is 1.43. The summed E-state index contributed by atoms with van der Waals surface area (Å²) in [5.74, 6) is 0. The molecule has 0 spiro atoms. The highest BCUT2D eigenvalue weighted by molar-refractivity contribution is 5.17. The molecule has 0 atom stereocenters. The van der Waals surface area contributed by atoms with Crippen LogP contribution in [0.25, 0.3) is 0 Å². The van der Waals surface area contributed by atoms with Crippen molar-refractivity contribution in [3.05, 3.63) is 108 Å². The number of benzene rings is 3. The smallest absolute Gasteiger partial charge is 0.326 e. The Kier molecular flexibility index (Phi) is 7.05. The fraction of sp³-hybridized carbons (Fsp3) is 0.160. The molecular weight excluding hydrogens is 390 g/mol. The van der Waals surface area contributed by atoms with Crippen LogP contribution in [-0.2, 0) is 19.6 Å². The number of aromatic nitrogens is 3. The molecule has 1 aromatic heterocycles. The van der Waals surface area contributed by atoms with E-state index in [-0.39, 0.29) is 18.0 Å². The van der Waals surface area contributed by atoms with Gasteiger partial charge in [0.05, 0.1) is 6.61 Å². The molecule has 0 radical (unpaired) electrons. The molecule has 0 aliphatic carbocycles. The van der Waals surface area contributed by atoms with Gasteiger partial charge in [0.25, 0.3) is 0 Å². The van der Waals surface area contributed by atoms with Crippen molar-refractivity contribution in [2.24, 2.45) is 0 Å². The van der Waals surface area contributed by atoms with Gasteiger partial charge in [-0.15, -0.1) is 15.0 Å². The molecule has 0 saturated heterocycles. The minimum atomic E-state index is 0.164. The van der Waals surface area contributed by atoms with Crippen LogP contribution in [0.2, 0.25) is 0 Å². The second-order valence-electron chi connectivity index (χ2n) is 6.82. The average Bonchev–Trinajstić information content (AvgIpc) is 2.83. The Morgan fingerprint density at radius 1 is 0.452 bits per heavy atom. The second kappa shape index (κ2) is 10.7. The van der Waals surface area contributed by atoms with Crippen molar-refractivity contribution in [3.8, 4) is 18.0 Å². The van der Waals surface area contributed by atoms with Gasteiger partial charge < -0.3 is 14.2 Å². The molecule has 0 N–H and O–H groups in total. The SMILES string of the molecule is c1ccc(CCOc2nc(OCc3ccccc3)nc(OCc3ccccc3)n2)cc1. The highest BCUT2D eigenvalue weighted by Gasteiger charge is 2.11. The molecule has 0 saturated carbocycles. The minimum Gasteiger partial charge on any atom is -0.463 e. The molecule has 1 heterocycles. The van der Waals surface area contributed by atoms with Gasteiger partial charge in [0.1, 0.15) is 13.2 Å². The number of nitrogens with zero attached hydrogens (tertiary/aromatic N) is 3. The fourth-order valence-corrected chi connectivity index (χ4v) is 2.86. The molecule has 0 amide bonds. The van der Waals surface area contributed by atoms with Crippen molar-refractivity contribution < 1.29 is 14.2 Å². The molecule has 4 rings (SSSR count). The van der Waals surface area contributed by atoms with E-state index in [0.29, 0.717) is 19.8 Å². The third-order valence-corrected chi connectivity index (χ3v) is 4.46. The zero-order valence-corrected chi connectivity index (χ0v) is 17.1. The maximum absolute atomic E-state index is 5.77. The van der Waals surface area contributed by atoms with Crippen LogP contribution in [0.3, 0.4) is 0 Å². The Morgan fingerprint density at radius 3 is 1.29 bits per heavy atom. The summed E-state index contributed by atoms with van der Waals surface area (Å²) in [4.78, 5) is 12.9. The number of hydrogen-bond donors (Lipinski definition) is 0. The summed E-state index contributed by atoms with van der Waals surface area (Å²) in [7, 11) is 0. The van der Waals surface area contributed by atoms with Crippen molar-refractivity contribution >= 4 is 0 Å². The standard InChI is InChI=1S/C25H23N3O3/c1-4-10-20(11-5-1)16-17-29-23-26-24(30-18-21-12-6-2-7-13-21)28-25(27-23)31-19-22-14-8-3-9-15-22/h1-15H,16-19H2. The van der Waals surface area contributed by atoms with Gasteiger partial charge in [-0.3, -0.25) is 0 Å². The van der Waals surface area contributed by atoms with E-state index >= 15 is 0 Å². The average molecular weight is 413 g/mol. The molecule has 0 unspecified atom stereocenters. The lowest BCUT2D eigenvalue weighted by Crippen LogP contribution is -2.09. The van der Waals surface area contributed by atoms with Gasteiger partial charge in [-0.05, 0) is 16.7 Å². The molecule has 6 heteroatoms. The minimum absolute atomic E-state index is 0.164. The van der Waals surface area contributed by atoms with E-state index in [9.17, 15) is 0 Å². The van der Waals surface area contributed by atoms with E-state index in [1.54, 1.807) is 0 Å². The Hall–Kier alpha value is -3.93. The van der Waals surface area contributed by atoms with Crippen LogP contribution in [0.1, 0.15) is 16.7 Å². The van der Waals surface area contributed by atoms with Gasteiger partial charge in [0.15, 0.2) is 0 Å². The summed E-state index contributed by atoms with van der Waals surface area (Å²) in [6, 6.07) is 30.3. The van der Waals surface area contributed by atoms with Crippen LogP contribution >= 0.6 is 0 Å². The molecule has 0 aliphatic heterocycles. The van der Waals surface area contributed by atoms with Gasteiger partial charge in [0, 0.05) is 6.42 Å². The molecule has 6 nitrogen and oxygen atoms in total. The highest BCUT2D eigenvalue weighted by atomic mass is 16.5. The van der Waals surface area contributed by atoms with Crippen molar-refractivity contribution in [1.29, 1.82) is 0 Å². The topological polar surface area (TPSA) is 66.4 Å². The predicted octanol–water partition coefficient (Wildman–Crippen LogP) is 4.65. The predicted molar refractivity (Wildman–Crippen MR) is 117 cm³/mol. The zero-order chi connectivity index (χ0) is 21.1. The van der Waals surface area contributed by atoms with Gasteiger partial charge in [-0.2, -0.15) is 0 Å². The summed E-state index contributed by atoms with van der Waals surface area (Å²) in [5.41, 5.74) is 3.21. The van der Waals surface area contributed by atoms with Gasteiger partial charge in [-0.25, -0.2) is 0 Å². The molecule has 156 valence electrons. The van der Waals surface area contributed by atoms with Crippen molar-refractivity contribution in [2.75, 3.05) is 6.61 Å². The van der Waals surface area contributed by atoms with Crippen LogP contribution < -0.4 is 14.2 Å². The summed E-state index contributed by atoms with van der Waals surface area (Å²) in [6.07, 6.45) is 0.743. The molecule has 3 aromatic carbocycles. The van der Waals surface area contributed by atoms with E-state index in [1.807, 2.05) is 78.9 Å². The first-order chi connectivity index (χ1) is 15.3. The lowest BCUT2D eigenvalue weighted by atomic mass is 10.2. The molecular formula is C25H23N3O3. The highest BCUT2D eigenvalue weighted by Crippen LogP contribution is 2.17. The van der Waals surface area contributed by atoms with Gasteiger partial charge in [0.2, 0.25) is 0 Å². The summed E-state index contributed by atoms with van der Waals surface area (Å²) in [5, 5.41) is 0. The Bertz CT molecular complexity index is 999. The molecule has 31 heavy (non-hydrogen) atoms. The fourth-order valence-electron chi connectivity index (χ4n) is 2.86. The van der Waals surface area contributed by atoms with Crippen LogP contribution in [0.4, 0.5) is 0 Å². The third kappa shape index (κ3) is 6.54. The van der Waals surface area contributed by atoms with Gasteiger partial charge >= 0.3 is 18.0 Å². The second-order valence-corrected chi connectivity index (χ2v) is 6.82. The van der Waals surface area contributed by atoms with Crippen LogP contribution in [-0.4, -0.2) is 21.6 Å². The summed E-state index contributed by atoms with van der Waals surface area (Å²) in [6.45, 7) is 1.11. The van der Waals surface area contributed by atoms with Gasteiger partial charge in [-0.1, -0.05) is 91.0 Å². The zero-order valence-electron chi connectivity index (χ0n) is 17.1.